The molecule has 6 heteroatoms. The molecule has 5 rings (SSSR count). The van der Waals surface area contributed by atoms with E-state index >= 15 is 0 Å². The van der Waals surface area contributed by atoms with Crippen molar-refractivity contribution in [3.8, 4) is 11.5 Å². The Hall–Kier alpha value is -3.35. The number of amides is 1. The Kier molecular flexibility index (Phi) is 6.56. The molecule has 1 N–H and O–H groups in total. The molecule has 1 saturated heterocycles. The highest BCUT2D eigenvalue weighted by atomic mass is 16.7. The van der Waals surface area contributed by atoms with Gasteiger partial charge in [0.15, 0.2) is 11.5 Å². The third kappa shape index (κ3) is 5.53. The fourth-order valence-corrected chi connectivity index (χ4v) is 4.35. The SMILES string of the molecule is O=C(NCc1ccccc1)c1cccc(CN2CCN(Cc3ccc4c(c3)OCO4)CC2)c1. The van der Waals surface area contributed by atoms with Gasteiger partial charge in [-0.3, -0.25) is 14.6 Å². The largest absolute Gasteiger partial charge is 0.454 e. The van der Waals surface area contributed by atoms with E-state index in [1.54, 1.807) is 0 Å². The van der Waals surface area contributed by atoms with Gasteiger partial charge in [0.2, 0.25) is 6.79 Å². The Bertz CT molecular complexity index is 1090. The molecule has 0 bridgehead atoms. The highest BCUT2D eigenvalue weighted by Gasteiger charge is 2.19. The minimum atomic E-state index is -0.0331. The topological polar surface area (TPSA) is 54.0 Å². The quantitative estimate of drug-likeness (QED) is 0.604. The molecule has 1 amide bonds. The highest BCUT2D eigenvalue weighted by Crippen LogP contribution is 2.32. The van der Waals surface area contributed by atoms with Gasteiger partial charge in [0, 0.05) is 51.4 Å². The number of hydrogen-bond acceptors (Lipinski definition) is 5. The monoisotopic (exact) mass is 443 g/mol. The van der Waals surface area contributed by atoms with Crippen LogP contribution in [0.3, 0.4) is 0 Å². The number of nitrogens with one attached hydrogen (secondary N) is 1. The lowest BCUT2D eigenvalue weighted by Crippen LogP contribution is -2.45. The van der Waals surface area contributed by atoms with E-state index in [1.807, 2.05) is 54.6 Å². The molecule has 0 aliphatic carbocycles. The van der Waals surface area contributed by atoms with Crippen molar-refractivity contribution in [3.05, 3.63) is 95.1 Å². The minimum Gasteiger partial charge on any atom is -0.454 e. The van der Waals surface area contributed by atoms with Crippen LogP contribution in [-0.2, 0) is 19.6 Å². The predicted octanol–water partition coefficient (Wildman–Crippen LogP) is 3.66. The predicted molar refractivity (Wildman–Crippen MR) is 127 cm³/mol. The summed E-state index contributed by atoms with van der Waals surface area (Å²) in [6.07, 6.45) is 0. The van der Waals surface area contributed by atoms with E-state index in [4.69, 9.17) is 9.47 Å². The summed E-state index contributed by atoms with van der Waals surface area (Å²) in [7, 11) is 0. The van der Waals surface area contributed by atoms with Gasteiger partial charge in [-0.2, -0.15) is 0 Å². The van der Waals surface area contributed by atoms with Gasteiger partial charge in [0.1, 0.15) is 0 Å². The van der Waals surface area contributed by atoms with Gasteiger partial charge in [-0.15, -0.1) is 0 Å². The molecule has 0 spiro atoms. The van der Waals surface area contributed by atoms with Crippen molar-refractivity contribution >= 4 is 5.91 Å². The molecule has 0 atom stereocenters. The normalized spacial score (nSPS) is 16.0. The van der Waals surface area contributed by atoms with Crippen LogP contribution in [0.1, 0.15) is 27.0 Å². The van der Waals surface area contributed by atoms with Gasteiger partial charge in [-0.25, -0.2) is 0 Å². The second-order valence-corrected chi connectivity index (χ2v) is 8.61. The van der Waals surface area contributed by atoms with Crippen LogP contribution < -0.4 is 14.8 Å². The number of rotatable bonds is 7. The summed E-state index contributed by atoms with van der Waals surface area (Å²) in [6, 6.07) is 24.2. The van der Waals surface area contributed by atoms with Gasteiger partial charge < -0.3 is 14.8 Å². The summed E-state index contributed by atoms with van der Waals surface area (Å²) in [5, 5.41) is 3.01. The molecular formula is C27H29N3O3. The summed E-state index contributed by atoms with van der Waals surface area (Å²) in [4.78, 5) is 17.5. The number of nitrogens with zero attached hydrogens (tertiary/aromatic N) is 2. The molecule has 2 aliphatic heterocycles. The maximum Gasteiger partial charge on any atom is 0.251 e. The zero-order chi connectivity index (χ0) is 22.5. The van der Waals surface area contributed by atoms with Gasteiger partial charge in [-0.1, -0.05) is 48.5 Å². The molecule has 6 nitrogen and oxygen atoms in total. The lowest BCUT2D eigenvalue weighted by Gasteiger charge is -2.34. The summed E-state index contributed by atoms with van der Waals surface area (Å²) < 4.78 is 10.9. The number of carbonyl (C=O) groups is 1. The van der Waals surface area contributed by atoms with Crippen molar-refractivity contribution in [3.63, 3.8) is 0 Å². The summed E-state index contributed by atoms with van der Waals surface area (Å²) in [5.74, 6) is 1.65. The van der Waals surface area contributed by atoms with Crippen molar-refractivity contribution in [2.45, 2.75) is 19.6 Å². The molecule has 2 heterocycles. The van der Waals surface area contributed by atoms with E-state index in [1.165, 1.54) is 11.1 Å². The Morgan fingerprint density at radius 2 is 1.39 bits per heavy atom. The maximum atomic E-state index is 12.6. The average Bonchev–Trinajstić information content (AvgIpc) is 3.33. The number of piperazine rings is 1. The van der Waals surface area contributed by atoms with Crippen LogP contribution in [0.5, 0.6) is 11.5 Å². The second-order valence-electron chi connectivity index (χ2n) is 8.61. The van der Waals surface area contributed by atoms with Crippen molar-refractivity contribution < 1.29 is 14.3 Å². The smallest absolute Gasteiger partial charge is 0.251 e. The van der Waals surface area contributed by atoms with Gasteiger partial charge in [0.25, 0.3) is 5.91 Å². The minimum absolute atomic E-state index is 0.0331. The molecule has 0 unspecified atom stereocenters. The maximum absolute atomic E-state index is 12.6. The van der Waals surface area contributed by atoms with Crippen LogP contribution in [-0.4, -0.2) is 48.7 Å². The molecule has 33 heavy (non-hydrogen) atoms. The Morgan fingerprint density at radius 3 is 2.15 bits per heavy atom. The molecule has 0 aromatic heterocycles. The van der Waals surface area contributed by atoms with Crippen molar-refractivity contribution in [1.82, 2.24) is 15.1 Å². The van der Waals surface area contributed by atoms with Crippen LogP contribution in [0.15, 0.2) is 72.8 Å². The van der Waals surface area contributed by atoms with E-state index in [0.29, 0.717) is 18.9 Å². The molecule has 0 saturated carbocycles. The molecule has 170 valence electrons. The van der Waals surface area contributed by atoms with Crippen LogP contribution in [0.2, 0.25) is 0 Å². The summed E-state index contributed by atoms with van der Waals surface area (Å²) in [6.45, 7) is 6.68. The third-order valence-corrected chi connectivity index (χ3v) is 6.20. The van der Waals surface area contributed by atoms with E-state index in [-0.39, 0.29) is 5.91 Å². The van der Waals surface area contributed by atoms with Crippen LogP contribution in [0.25, 0.3) is 0 Å². The first-order valence-corrected chi connectivity index (χ1v) is 11.5. The lowest BCUT2D eigenvalue weighted by atomic mass is 10.1. The molecule has 0 radical (unpaired) electrons. The zero-order valence-corrected chi connectivity index (χ0v) is 18.7. The lowest BCUT2D eigenvalue weighted by molar-refractivity contribution is 0.0950. The van der Waals surface area contributed by atoms with Gasteiger partial charge in [0.05, 0.1) is 0 Å². The first-order valence-electron chi connectivity index (χ1n) is 11.5. The van der Waals surface area contributed by atoms with E-state index in [9.17, 15) is 4.79 Å². The molecule has 1 fully saturated rings. The van der Waals surface area contributed by atoms with Gasteiger partial charge in [-0.05, 0) is 41.0 Å². The van der Waals surface area contributed by atoms with Crippen LogP contribution >= 0.6 is 0 Å². The van der Waals surface area contributed by atoms with Crippen LogP contribution in [0, 0.1) is 0 Å². The summed E-state index contributed by atoms with van der Waals surface area (Å²) in [5.41, 5.74) is 4.24. The molecular weight excluding hydrogens is 414 g/mol. The fraction of sp³-hybridized carbons (Fsp3) is 0.296. The van der Waals surface area contributed by atoms with Crippen molar-refractivity contribution in [1.29, 1.82) is 0 Å². The Morgan fingerprint density at radius 1 is 0.727 bits per heavy atom. The number of benzene rings is 3. The fourth-order valence-electron chi connectivity index (χ4n) is 4.35. The molecule has 3 aromatic carbocycles. The average molecular weight is 444 g/mol. The zero-order valence-electron chi connectivity index (χ0n) is 18.7. The van der Waals surface area contributed by atoms with Crippen molar-refractivity contribution in [2.24, 2.45) is 0 Å². The summed E-state index contributed by atoms with van der Waals surface area (Å²) >= 11 is 0. The second kappa shape index (κ2) is 10.1. The number of carbonyl (C=O) groups excluding carboxylic acids is 1. The Balaban J connectivity index is 1.11. The van der Waals surface area contributed by atoms with E-state index in [2.05, 4.69) is 33.3 Å². The Labute approximate surface area is 194 Å². The standard InChI is InChI=1S/C27H29N3O3/c31-27(28-17-21-5-2-1-3-6-21)24-8-4-7-22(15-24)18-29-11-13-30(14-12-29)19-23-9-10-25-26(16-23)33-20-32-25/h1-10,15-16H,11-14,17-20H2,(H,28,31). The number of ether oxygens (including phenoxy) is 2. The van der Waals surface area contributed by atoms with Gasteiger partial charge >= 0.3 is 0 Å². The first kappa shape index (κ1) is 21.5. The molecule has 2 aliphatic rings. The van der Waals surface area contributed by atoms with E-state index < -0.39 is 0 Å². The number of fused-ring (bicyclic) bond motifs is 1. The van der Waals surface area contributed by atoms with Crippen molar-refractivity contribution in [2.75, 3.05) is 33.0 Å². The number of hydrogen-bond donors (Lipinski definition) is 1. The molecule has 3 aromatic rings. The first-order chi connectivity index (χ1) is 16.2. The highest BCUT2D eigenvalue weighted by molar-refractivity contribution is 5.94. The third-order valence-electron chi connectivity index (χ3n) is 6.20. The van der Waals surface area contributed by atoms with E-state index in [0.717, 1.165) is 56.3 Å². The van der Waals surface area contributed by atoms with Crippen LogP contribution in [0.4, 0.5) is 0 Å².